The van der Waals surface area contributed by atoms with Gasteiger partial charge in [0, 0.05) is 25.1 Å². The summed E-state index contributed by atoms with van der Waals surface area (Å²) in [4.78, 5) is 4.31. The maximum absolute atomic E-state index is 4.41. The summed E-state index contributed by atoms with van der Waals surface area (Å²) in [6.07, 6.45) is 3.84. The van der Waals surface area contributed by atoms with E-state index in [-0.39, 0.29) is 6.04 Å². The van der Waals surface area contributed by atoms with Crippen LogP contribution in [0.4, 0.5) is 0 Å². The zero-order valence-corrected chi connectivity index (χ0v) is 9.81. The minimum absolute atomic E-state index is 0.106. The Labute approximate surface area is 95.3 Å². The van der Waals surface area contributed by atoms with Gasteiger partial charge >= 0.3 is 0 Å². The highest BCUT2D eigenvalue weighted by Crippen LogP contribution is 2.19. The summed E-state index contributed by atoms with van der Waals surface area (Å²) in [5.74, 6) is 0. The lowest BCUT2D eigenvalue weighted by Gasteiger charge is -2.13. The molecular weight excluding hydrogens is 200 g/mol. The molecule has 84 valence electrons. The van der Waals surface area contributed by atoms with Gasteiger partial charge < -0.3 is 5.32 Å². The van der Waals surface area contributed by atoms with Crippen molar-refractivity contribution in [1.82, 2.24) is 20.1 Å². The molecule has 0 aliphatic heterocycles. The molecule has 1 unspecified atom stereocenters. The van der Waals surface area contributed by atoms with Gasteiger partial charge in [0.15, 0.2) is 0 Å². The second-order valence-corrected chi connectivity index (χ2v) is 3.87. The van der Waals surface area contributed by atoms with Crippen molar-refractivity contribution < 1.29 is 0 Å². The fourth-order valence-corrected chi connectivity index (χ4v) is 1.72. The number of aryl methyl sites for hydroxylation is 2. The highest BCUT2D eigenvalue weighted by molar-refractivity contribution is 5.25. The molecule has 0 amide bonds. The molecule has 16 heavy (non-hydrogen) atoms. The molecule has 2 rings (SSSR count). The lowest BCUT2D eigenvalue weighted by atomic mass is 10.1. The molecule has 2 heterocycles. The van der Waals surface area contributed by atoms with E-state index in [0.717, 1.165) is 17.0 Å². The van der Waals surface area contributed by atoms with Crippen molar-refractivity contribution in [2.75, 3.05) is 7.05 Å². The molecule has 1 atom stereocenters. The van der Waals surface area contributed by atoms with Gasteiger partial charge in [0.2, 0.25) is 0 Å². The van der Waals surface area contributed by atoms with Crippen LogP contribution in [-0.4, -0.2) is 21.8 Å². The van der Waals surface area contributed by atoms with Crippen LogP contribution in [0.5, 0.6) is 0 Å². The number of hydrogen-bond acceptors (Lipinski definition) is 3. The van der Waals surface area contributed by atoms with E-state index in [9.17, 15) is 0 Å². The Balaban J connectivity index is 2.32. The molecule has 2 aromatic heterocycles. The van der Waals surface area contributed by atoms with Gasteiger partial charge in [-0.05, 0) is 31.7 Å². The number of nitrogens with one attached hydrogen (secondary N) is 1. The second-order valence-electron chi connectivity index (χ2n) is 3.87. The van der Waals surface area contributed by atoms with Gasteiger partial charge in [-0.15, -0.1) is 0 Å². The first-order chi connectivity index (χ1) is 7.70. The summed E-state index contributed by atoms with van der Waals surface area (Å²) in [5, 5.41) is 7.66. The summed E-state index contributed by atoms with van der Waals surface area (Å²) in [6.45, 7) is 1.99. The molecule has 0 fully saturated rings. The number of nitrogens with zero attached hydrogens (tertiary/aromatic N) is 3. The molecule has 4 nitrogen and oxygen atoms in total. The predicted molar refractivity (Wildman–Crippen MR) is 63.1 cm³/mol. The highest BCUT2D eigenvalue weighted by Gasteiger charge is 2.14. The smallest absolute Gasteiger partial charge is 0.0839 e. The average molecular weight is 216 g/mol. The normalized spacial score (nSPS) is 12.7. The van der Waals surface area contributed by atoms with E-state index in [4.69, 9.17) is 0 Å². The lowest BCUT2D eigenvalue weighted by Crippen LogP contribution is -2.18. The number of aromatic nitrogens is 3. The summed E-state index contributed by atoms with van der Waals surface area (Å²) >= 11 is 0. The van der Waals surface area contributed by atoms with Gasteiger partial charge in [-0.3, -0.25) is 9.67 Å². The van der Waals surface area contributed by atoms with Crippen LogP contribution in [0, 0.1) is 6.92 Å². The van der Waals surface area contributed by atoms with Gasteiger partial charge in [-0.2, -0.15) is 5.10 Å². The molecule has 4 heteroatoms. The Morgan fingerprint density at radius 1 is 1.31 bits per heavy atom. The van der Waals surface area contributed by atoms with Crippen LogP contribution >= 0.6 is 0 Å². The summed E-state index contributed by atoms with van der Waals surface area (Å²) in [7, 11) is 3.85. The van der Waals surface area contributed by atoms with Crippen LogP contribution in [0.25, 0.3) is 0 Å². The zero-order valence-electron chi connectivity index (χ0n) is 9.81. The van der Waals surface area contributed by atoms with Gasteiger partial charge in [0.1, 0.15) is 0 Å². The summed E-state index contributed by atoms with van der Waals surface area (Å²) in [5.41, 5.74) is 3.17. The maximum atomic E-state index is 4.41. The summed E-state index contributed by atoms with van der Waals surface area (Å²) < 4.78 is 1.81. The number of hydrogen-bond donors (Lipinski definition) is 1. The fraction of sp³-hybridized carbons (Fsp3) is 0.333. The topological polar surface area (TPSA) is 42.7 Å². The van der Waals surface area contributed by atoms with E-state index >= 15 is 0 Å². The zero-order chi connectivity index (χ0) is 11.5. The molecule has 0 aliphatic carbocycles. The molecule has 0 bridgehead atoms. The molecular formula is C12H16N4. The van der Waals surface area contributed by atoms with Crippen LogP contribution < -0.4 is 5.32 Å². The monoisotopic (exact) mass is 216 g/mol. The van der Waals surface area contributed by atoms with Gasteiger partial charge in [-0.1, -0.05) is 6.07 Å². The number of rotatable bonds is 3. The third-order valence-corrected chi connectivity index (χ3v) is 2.59. The van der Waals surface area contributed by atoms with E-state index in [1.807, 2.05) is 45.5 Å². The van der Waals surface area contributed by atoms with E-state index in [2.05, 4.69) is 21.5 Å². The first kappa shape index (κ1) is 10.8. The van der Waals surface area contributed by atoms with Crippen LogP contribution in [-0.2, 0) is 7.05 Å². The summed E-state index contributed by atoms with van der Waals surface area (Å²) in [6, 6.07) is 6.22. The van der Waals surface area contributed by atoms with E-state index < -0.39 is 0 Å². The van der Waals surface area contributed by atoms with Crippen molar-refractivity contribution in [2.45, 2.75) is 13.0 Å². The van der Waals surface area contributed by atoms with Crippen molar-refractivity contribution in [2.24, 2.45) is 7.05 Å². The Hall–Kier alpha value is -1.68. The SMILES string of the molecule is CNC(c1ccc(C)nc1)c1ccn(C)n1. The van der Waals surface area contributed by atoms with Crippen molar-refractivity contribution in [3.63, 3.8) is 0 Å². The van der Waals surface area contributed by atoms with Crippen molar-refractivity contribution in [3.05, 3.63) is 47.5 Å². The minimum Gasteiger partial charge on any atom is -0.308 e. The minimum atomic E-state index is 0.106. The average Bonchev–Trinajstić information content (AvgIpc) is 2.69. The van der Waals surface area contributed by atoms with Gasteiger partial charge in [-0.25, -0.2) is 0 Å². The molecule has 0 aromatic carbocycles. The Bertz CT molecular complexity index is 458. The van der Waals surface area contributed by atoms with Crippen LogP contribution in [0.3, 0.4) is 0 Å². The van der Waals surface area contributed by atoms with E-state index in [1.54, 1.807) is 4.68 Å². The molecule has 0 aliphatic rings. The quantitative estimate of drug-likeness (QED) is 0.844. The Kier molecular flexibility index (Phi) is 3.01. The first-order valence-corrected chi connectivity index (χ1v) is 5.30. The van der Waals surface area contributed by atoms with Crippen LogP contribution in [0.1, 0.15) is 23.0 Å². The molecule has 0 spiro atoms. The van der Waals surface area contributed by atoms with Crippen LogP contribution in [0.2, 0.25) is 0 Å². The Morgan fingerprint density at radius 2 is 2.12 bits per heavy atom. The lowest BCUT2D eigenvalue weighted by molar-refractivity contribution is 0.640. The number of pyridine rings is 1. The molecule has 0 radical (unpaired) electrons. The third kappa shape index (κ3) is 2.12. The standard InChI is InChI=1S/C12H16N4/c1-9-4-5-10(8-14-9)12(13-2)11-6-7-16(3)15-11/h4-8,12-13H,1-3H3. The first-order valence-electron chi connectivity index (χ1n) is 5.30. The van der Waals surface area contributed by atoms with Gasteiger partial charge in [0.05, 0.1) is 11.7 Å². The molecule has 2 aromatic rings. The highest BCUT2D eigenvalue weighted by atomic mass is 15.3. The Morgan fingerprint density at radius 3 is 2.62 bits per heavy atom. The third-order valence-electron chi connectivity index (χ3n) is 2.59. The fourth-order valence-electron chi connectivity index (χ4n) is 1.72. The molecule has 0 saturated heterocycles. The van der Waals surface area contributed by atoms with Crippen LogP contribution in [0.15, 0.2) is 30.6 Å². The van der Waals surface area contributed by atoms with Crippen molar-refractivity contribution >= 4 is 0 Å². The maximum Gasteiger partial charge on any atom is 0.0839 e. The van der Waals surface area contributed by atoms with E-state index in [1.165, 1.54) is 0 Å². The van der Waals surface area contributed by atoms with E-state index in [0.29, 0.717) is 0 Å². The second kappa shape index (κ2) is 4.45. The van der Waals surface area contributed by atoms with Crippen molar-refractivity contribution in [3.8, 4) is 0 Å². The largest absolute Gasteiger partial charge is 0.308 e. The molecule has 1 N–H and O–H groups in total. The van der Waals surface area contributed by atoms with Crippen molar-refractivity contribution in [1.29, 1.82) is 0 Å². The molecule has 0 saturated carbocycles. The van der Waals surface area contributed by atoms with Gasteiger partial charge in [0.25, 0.3) is 0 Å². The predicted octanol–water partition coefficient (Wildman–Crippen LogP) is 1.43.